The van der Waals surface area contributed by atoms with Crippen molar-refractivity contribution in [3.05, 3.63) is 64.8 Å². The lowest BCUT2D eigenvalue weighted by Gasteiger charge is -2.31. The third-order valence-corrected chi connectivity index (χ3v) is 5.21. The van der Waals surface area contributed by atoms with Gasteiger partial charge in [-0.05, 0) is 37.1 Å². The fourth-order valence-corrected chi connectivity index (χ4v) is 3.60. The van der Waals surface area contributed by atoms with Crippen molar-refractivity contribution in [1.29, 1.82) is 0 Å². The van der Waals surface area contributed by atoms with Crippen molar-refractivity contribution >= 4 is 17.5 Å². The van der Waals surface area contributed by atoms with Gasteiger partial charge in [0.2, 0.25) is 5.91 Å². The zero-order valence-electron chi connectivity index (χ0n) is 15.0. The van der Waals surface area contributed by atoms with E-state index in [0.29, 0.717) is 30.5 Å². The molecule has 0 spiro atoms. The van der Waals surface area contributed by atoms with Crippen LogP contribution in [0.4, 0.5) is 4.39 Å². The largest absolute Gasteiger partial charge is 0.342 e. The number of hydrogen-bond donors (Lipinski definition) is 0. The first kappa shape index (κ1) is 18.6. The Hall–Kier alpha value is -2.80. The van der Waals surface area contributed by atoms with Gasteiger partial charge in [0.05, 0.1) is 6.42 Å². The van der Waals surface area contributed by atoms with Gasteiger partial charge in [-0.1, -0.05) is 28.9 Å². The van der Waals surface area contributed by atoms with E-state index in [4.69, 9.17) is 16.1 Å². The first-order valence-corrected chi connectivity index (χ1v) is 9.45. The fraction of sp³-hybridized carbons (Fsp3) is 0.300. The van der Waals surface area contributed by atoms with Crippen LogP contribution in [0.25, 0.3) is 11.6 Å². The molecular weight excluding hydrogens is 383 g/mol. The summed E-state index contributed by atoms with van der Waals surface area (Å²) in [5.74, 6) is 0.256. The maximum atomic E-state index is 14.0. The number of nitrogens with zero attached hydrogens (tertiary/aromatic N) is 4. The van der Waals surface area contributed by atoms with Gasteiger partial charge >= 0.3 is 0 Å². The summed E-state index contributed by atoms with van der Waals surface area (Å²) < 4.78 is 19.3. The van der Waals surface area contributed by atoms with Crippen LogP contribution in [0.3, 0.4) is 0 Å². The van der Waals surface area contributed by atoms with Gasteiger partial charge in [0.1, 0.15) is 11.5 Å². The van der Waals surface area contributed by atoms with Crippen molar-refractivity contribution in [2.75, 3.05) is 13.1 Å². The van der Waals surface area contributed by atoms with Crippen LogP contribution < -0.4 is 0 Å². The highest BCUT2D eigenvalue weighted by Gasteiger charge is 2.29. The number of carbonyl (C=O) groups is 1. The Bertz CT molecular complexity index is 959. The second kappa shape index (κ2) is 8.06. The van der Waals surface area contributed by atoms with E-state index >= 15 is 0 Å². The monoisotopic (exact) mass is 400 g/mol. The summed E-state index contributed by atoms with van der Waals surface area (Å²) in [5, 5.41) is 4.34. The minimum atomic E-state index is -0.465. The van der Waals surface area contributed by atoms with E-state index in [1.807, 2.05) is 12.1 Å². The molecule has 0 bridgehead atoms. The van der Waals surface area contributed by atoms with Gasteiger partial charge in [-0.3, -0.25) is 9.78 Å². The predicted molar refractivity (Wildman–Crippen MR) is 101 cm³/mol. The van der Waals surface area contributed by atoms with Gasteiger partial charge in [0, 0.05) is 35.8 Å². The molecule has 0 aliphatic carbocycles. The number of rotatable bonds is 4. The number of hydrogen-bond acceptors (Lipinski definition) is 5. The molecule has 8 heteroatoms. The summed E-state index contributed by atoms with van der Waals surface area (Å²) >= 11 is 6.05. The first-order valence-electron chi connectivity index (χ1n) is 9.07. The summed E-state index contributed by atoms with van der Waals surface area (Å²) in [6, 6.07) is 9.88. The highest BCUT2D eigenvalue weighted by Crippen LogP contribution is 2.28. The van der Waals surface area contributed by atoms with E-state index in [0.717, 1.165) is 12.8 Å². The molecule has 2 aromatic heterocycles. The van der Waals surface area contributed by atoms with E-state index in [9.17, 15) is 9.18 Å². The highest BCUT2D eigenvalue weighted by atomic mass is 35.5. The number of carbonyl (C=O) groups excluding carboxylic acids is 1. The number of likely N-dealkylation sites (tertiary alicyclic amines) is 1. The molecule has 28 heavy (non-hydrogen) atoms. The standard InChI is InChI=1S/C20H18ClFN4O2/c21-15-6-3-7-16(22)14(15)11-18(27)26-10-4-5-13(12-26)19-24-20(28-25-19)17-8-1-2-9-23-17/h1-3,6-9,13H,4-5,10-12H2. The molecule has 1 atom stereocenters. The molecule has 3 heterocycles. The zero-order chi connectivity index (χ0) is 19.5. The Kier molecular flexibility index (Phi) is 5.34. The predicted octanol–water partition coefficient (Wildman–Crippen LogP) is 3.87. The third-order valence-electron chi connectivity index (χ3n) is 4.85. The number of aromatic nitrogens is 3. The van der Waals surface area contributed by atoms with Crippen LogP contribution in [0.5, 0.6) is 0 Å². The van der Waals surface area contributed by atoms with Crippen LogP contribution in [0.2, 0.25) is 5.02 Å². The van der Waals surface area contributed by atoms with E-state index in [1.54, 1.807) is 23.2 Å². The Morgan fingerprint density at radius 2 is 2.18 bits per heavy atom. The third kappa shape index (κ3) is 3.89. The van der Waals surface area contributed by atoms with Crippen LogP contribution in [0.15, 0.2) is 47.1 Å². The van der Waals surface area contributed by atoms with Crippen molar-refractivity contribution in [3.63, 3.8) is 0 Å². The first-order chi connectivity index (χ1) is 13.6. The SMILES string of the molecule is O=C(Cc1c(F)cccc1Cl)N1CCCC(c2noc(-c3ccccn3)n2)C1. The fourth-order valence-electron chi connectivity index (χ4n) is 3.37. The molecule has 4 rings (SSSR count). The second-order valence-corrected chi connectivity index (χ2v) is 7.14. The number of piperidine rings is 1. The Balaban J connectivity index is 1.46. The molecule has 1 fully saturated rings. The zero-order valence-corrected chi connectivity index (χ0v) is 15.8. The van der Waals surface area contributed by atoms with Crippen LogP contribution in [-0.4, -0.2) is 39.0 Å². The van der Waals surface area contributed by atoms with Crippen LogP contribution >= 0.6 is 11.6 Å². The van der Waals surface area contributed by atoms with E-state index < -0.39 is 5.82 Å². The number of halogens is 2. The second-order valence-electron chi connectivity index (χ2n) is 6.73. The molecular formula is C20H18ClFN4O2. The topological polar surface area (TPSA) is 72.1 Å². The normalized spacial score (nSPS) is 16.9. The van der Waals surface area contributed by atoms with Gasteiger partial charge < -0.3 is 9.42 Å². The number of pyridine rings is 1. The molecule has 144 valence electrons. The summed E-state index contributed by atoms with van der Waals surface area (Å²) in [5.41, 5.74) is 0.840. The Morgan fingerprint density at radius 1 is 1.29 bits per heavy atom. The van der Waals surface area contributed by atoms with E-state index in [-0.39, 0.29) is 28.8 Å². The van der Waals surface area contributed by atoms with Gasteiger partial charge in [0.25, 0.3) is 5.89 Å². The van der Waals surface area contributed by atoms with Crippen molar-refractivity contribution in [3.8, 4) is 11.6 Å². The maximum absolute atomic E-state index is 14.0. The van der Waals surface area contributed by atoms with Crippen molar-refractivity contribution < 1.29 is 13.7 Å². The average Bonchev–Trinajstić information content (AvgIpc) is 3.22. The summed E-state index contributed by atoms with van der Waals surface area (Å²) in [6.07, 6.45) is 3.26. The van der Waals surface area contributed by atoms with E-state index in [1.165, 1.54) is 12.1 Å². The molecule has 1 unspecified atom stereocenters. The Labute approximate surface area is 166 Å². The maximum Gasteiger partial charge on any atom is 0.276 e. The molecule has 1 saturated heterocycles. The van der Waals surface area contributed by atoms with Crippen molar-refractivity contribution in [2.45, 2.75) is 25.2 Å². The van der Waals surface area contributed by atoms with Crippen LogP contribution in [0.1, 0.15) is 30.1 Å². The highest BCUT2D eigenvalue weighted by molar-refractivity contribution is 6.31. The average molecular weight is 401 g/mol. The quantitative estimate of drug-likeness (QED) is 0.664. The van der Waals surface area contributed by atoms with Gasteiger partial charge in [0.15, 0.2) is 5.82 Å². The smallest absolute Gasteiger partial charge is 0.276 e. The lowest BCUT2D eigenvalue weighted by atomic mass is 9.96. The molecule has 1 aromatic carbocycles. The summed E-state index contributed by atoms with van der Waals surface area (Å²) in [6.45, 7) is 1.08. The minimum absolute atomic E-state index is 0.0324. The van der Waals surface area contributed by atoms with Crippen molar-refractivity contribution in [2.24, 2.45) is 0 Å². The summed E-state index contributed by atoms with van der Waals surface area (Å²) in [7, 11) is 0. The van der Waals surface area contributed by atoms with Crippen LogP contribution in [-0.2, 0) is 11.2 Å². The van der Waals surface area contributed by atoms with Crippen molar-refractivity contribution in [1.82, 2.24) is 20.0 Å². The van der Waals surface area contributed by atoms with Crippen LogP contribution in [0, 0.1) is 5.82 Å². The van der Waals surface area contributed by atoms with Gasteiger partial charge in [-0.25, -0.2) is 4.39 Å². The minimum Gasteiger partial charge on any atom is -0.342 e. The lowest BCUT2D eigenvalue weighted by Crippen LogP contribution is -2.40. The number of benzene rings is 1. The molecule has 0 radical (unpaired) electrons. The molecule has 1 aliphatic rings. The molecule has 1 amide bonds. The summed E-state index contributed by atoms with van der Waals surface area (Å²) in [4.78, 5) is 23.1. The van der Waals surface area contributed by atoms with Gasteiger partial charge in [-0.15, -0.1) is 0 Å². The molecule has 0 N–H and O–H groups in total. The molecule has 1 aliphatic heterocycles. The number of amides is 1. The molecule has 0 saturated carbocycles. The van der Waals surface area contributed by atoms with E-state index in [2.05, 4.69) is 15.1 Å². The lowest BCUT2D eigenvalue weighted by molar-refractivity contribution is -0.131. The van der Waals surface area contributed by atoms with Gasteiger partial charge in [-0.2, -0.15) is 4.98 Å². The molecule has 3 aromatic rings. The Morgan fingerprint density at radius 3 is 2.96 bits per heavy atom. The molecule has 6 nitrogen and oxygen atoms in total.